The third-order valence-corrected chi connectivity index (χ3v) is 2.03. The number of hydrogen-bond acceptors (Lipinski definition) is 2. The minimum absolute atomic E-state index is 0.00813. The molecule has 0 spiro atoms. The predicted molar refractivity (Wildman–Crippen MR) is 60.1 cm³/mol. The molecule has 16 heavy (non-hydrogen) atoms. The van der Waals surface area contributed by atoms with Gasteiger partial charge in [-0.25, -0.2) is 9.18 Å². The number of urea groups is 1. The van der Waals surface area contributed by atoms with Crippen LogP contribution in [0.1, 0.15) is 6.42 Å². The fraction of sp³-hybridized carbons (Fsp3) is 0.300. The van der Waals surface area contributed by atoms with Crippen LogP contribution in [0.25, 0.3) is 0 Å². The summed E-state index contributed by atoms with van der Waals surface area (Å²) in [6, 6.07) is 3.36. The van der Waals surface area contributed by atoms with Gasteiger partial charge in [-0.1, -0.05) is 11.6 Å². The second-order valence-corrected chi connectivity index (χ2v) is 3.52. The quantitative estimate of drug-likeness (QED) is 0.712. The maximum atomic E-state index is 13.2. The van der Waals surface area contributed by atoms with E-state index in [4.69, 9.17) is 16.7 Å². The van der Waals surface area contributed by atoms with Gasteiger partial charge in [0.25, 0.3) is 0 Å². The molecule has 0 heterocycles. The maximum absolute atomic E-state index is 13.2. The molecule has 2 amide bonds. The van der Waals surface area contributed by atoms with E-state index in [2.05, 4.69) is 10.6 Å². The maximum Gasteiger partial charge on any atom is 0.319 e. The molecule has 0 aliphatic heterocycles. The highest BCUT2D eigenvalue weighted by Crippen LogP contribution is 2.19. The SMILES string of the molecule is O=C(NCCCO)Nc1cc(Cl)ccc1F. The molecule has 0 unspecified atom stereocenters. The molecule has 88 valence electrons. The largest absolute Gasteiger partial charge is 0.396 e. The molecular weight excluding hydrogens is 235 g/mol. The third kappa shape index (κ3) is 4.04. The third-order valence-electron chi connectivity index (χ3n) is 1.80. The molecule has 1 aromatic rings. The molecule has 0 aliphatic rings. The van der Waals surface area contributed by atoms with Gasteiger partial charge < -0.3 is 15.7 Å². The van der Waals surface area contributed by atoms with Crippen LogP contribution < -0.4 is 10.6 Å². The Morgan fingerprint density at radius 1 is 1.50 bits per heavy atom. The number of halogens is 2. The van der Waals surface area contributed by atoms with Crippen LogP contribution in [0.3, 0.4) is 0 Å². The van der Waals surface area contributed by atoms with Crippen molar-refractivity contribution in [1.29, 1.82) is 0 Å². The highest BCUT2D eigenvalue weighted by molar-refractivity contribution is 6.30. The van der Waals surface area contributed by atoms with Crippen LogP contribution in [0.4, 0.5) is 14.9 Å². The average molecular weight is 247 g/mol. The van der Waals surface area contributed by atoms with E-state index in [9.17, 15) is 9.18 Å². The molecule has 0 saturated carbocycles. The summed E-state index contributed by atoms with van der Waals surface area (Å²) in [5, 5.41) is 13.6. The summed E-state index contributed by atoms with van der Waals surface area (Å²) in [6.45, 7) is 0.316. The van der Waals surface area contributed by atoms with Crippen molar-refractivity contribution in [3.05, 3.63) is 29.0 Å². The first kappa shape index (κ1) is 12.7. The molecular formula is C10H12ClFN2O2. The normalized spacial score (nSPS) is 9.94. The van der Waals surface area contributed by atoms with Gasteiger partial charge in [0.15, 0.2) is 0 Å². The number of rotatable bonds is 4. The van der Waals surface area contributed by atoms with Gasteiger partial charge in [0.1, 0.15) is 5.82 Å². The molecule has 0 radical (unpaired) electrons. The van der Waals surface area contributed by atoms with Gasteiger partial charge in [0.05, 0.1) is 5.69 Å². The second kappa shape index (κ2) is 6.30. The number of anilines is 1. The molecule has 0 aromatic heterocycles. The van der Waals surface area contributed by atoms with E-state index in [1.807, 2.05) is 0 Å². The lowest BCUT2D eigenvalue weighted by molar-refractivity contribution is 0.248. The first-order valence-corrected chi connectivity index (χ1v) is 5.12. The molecule has 1 aromatic carbocycles. The zero-order valence-corrected chi connectivity index (χ0v) is 9.22. The van der Waals surface area contributed by atoms with Gasteiger partial charge in [-0.05, 0) is 24.6 Å². The van der Waals surface area contributed by atoms with Gasteiger partial charge in [-0.2, -0.15) is 0 Å². The smallest absolute Gasteiger partial charge is 0.319 e. The van der Waals surface area contributed by atoms with E-state index in [0.29, 0.717) is 18.0 Å². The van der Waals surface area contributed by atoms with Crippen LogP contribution in [0.5, 0.6) is 0 Å². The Balaban J connectivity index is 2.52. The topological polar surface area (TPSA) is 61.4 Å². The summed E-state index contributed by atoms with van der Waals surface area (Å²) >= 11 is 5.66. The Kier molecular flexibility index (Phi) is 5.01. The first-order valence-electron chi connectivity index (χ1n) is 4.74. The summed E-state index contributed by atoms with van der Waals surface area (Å²) in [5.74, 6) is -0.554. The molecule has 0 atom stereocenters. The van der Waals surface area contributed by atoms with E-state index in [-0.39, 0.29) is 12.3 Å². The Labute approximate surface area is 97.4 Å². The summed E-state index contributed by atoms with van der Waals surface area (Å²) in [5.41, 5.74) is 0.0222. The first-order chi connectivity index (χ1) is 7.63. The van der Waals surface area contributed by atoms with Crippen LogP contribution in [-0.2, 0) is 0 Å². The van der Waals surface area contributed by atoms with Gasteiger partial charge >= 0.3 is 6.03 Å². The van der Waals surface area contributed by atoms with Crippen molar-refractivity contribution in [2.45, 2.75) is 6.42 Å². The average Bonchev–Trinajstić information content (AvgIpc) is 2.24. The number of aliphatic hydroxyl groups excluding tert-OH is 1. The van der Waals surface area contributed by atoms with Crippen LogP contribution in [0, 0.1) is 5.82 Å². The van der Waals surface area contributed by atoms with E-state index in [1.165, 1.54) is 18.2 Å². The van der Waals surface area contributed by atoms with Crippen molar-refractivity contribution in [2.75, 3.05) is 18.5 Å². The van der Waals surface area contributed by atoms with E-state index >= 15 is 0 Å². The highest BCUT2D eigenvalue weighted by atomic mass is 35.5. The fourth-order valence-corrected chi connectivity index (χ4v) is 1.21. The van der Waals surface area contributed by atoms with Crippen molar-refractivity contribution in [2.24, 2.45) is 0 Å². The van der Waals surface area contributed by atoms with Crippen molar-refractivity contribution in [3.8, 4) is 0 Å². The van der Waals surface area contributed by atoms with Crippen molar-refractivity contribution < 1.29 is 14.3 Å². The lowest BCUT2D eigenvalue weighted by Gasteiger charge is -2.07. The minimum Gasteiger partial charge on any atom is -0.396 e. The summed E-state index contributed by atoms with van der Waals surface area (Å²) in [6.07, 6.45) is 0.450. The Morgan fingerprint density at radius 3 is 2.94 bits per heavy atom. The monoisotopic (exact) mass is 246 g/mol. The molecule has 0 fully saturated rings. The summed E-state index contributed by atoms with van der Waals surface area (Å²) in [4.78, 5) is 11.2. The molecule has 6 heteroatoms. The standard InChI is InChI=1S/C10H12ClFN2O2/c11-7-2-3-8(12)9(6-7)14-10(16)13-4-1-5-15/h2-3,6,15H,1,4-5H2,(H2,13,14,16). The summed E-state index contributed by atoms with van der Waals surface area (Å²) < 4.78 is 13.2. The van der Waals surface area contributed by atoms with Gasteiger partial charge in [0, 0.05) is 18.2 Å². The molecule has 0 saturated heterocycles. The number of hydrogen-bond donors (Lipinski definition) is 3. The molecule has 0 aliphatic carbocycles. The number of amides is 2. The fourth-order valence-electron chi connectivity index (χ4n) is 1.04. The van der Waals surface area contributed by atoms with Crippen LogP contribution in [0.15, 0.2) is 18.2 Å². The molecule has 1 rings (SSSR count). The van der Waals surface area contributed by atoms with E-state index in [1.54, 1.807) is 0 Å². The van der Waals surface area contributed by atoms with Crippen LogP contribution in [-0.4, -0.2) is 24.3 Å². The zero-order valence-electron chi connectivity index (χ0n) is 8.46. The van der Waals surface area contributed by atoms with Gasteiger partial charge in [0.2, 0.25) is 0 Å². The van der Waals surface area contributed by atoms with Crippen LogP contribution in [0.2, 0.25) is 5.02 Å². The van der Waals surface area contributed by atoms with Gasteiger partial charge in [-0.15, -0.1) is 0 Å². The predicted octanol–water partition coefficient (Wildman–Crippen LogP) is 1.98. The second-order valence-electron chi connectivity index (χ2n) is 3.08. The number of aliphatic hydroxyl groups is 1. The Morgan fingerprint density at radius 2 is 2.25 bits per heavy atom. The minimum atomic E-state index is -0.554. The molecule has 3 N–H and O–H groups in total. The number of benzene rings is 1. The van der Waals surface area contributed by atoms with Crippen molar-refractivity contribution >= 4 is 23.3 Å². The number of carbonyl (C=O) groups excluding carboxylic acids is 1. The van der Waals surface area contributed by atoms with E-state index in [0.717, 1.165) is 0 Å². The molecule has 0 bridgehead atoms. The highest BCUT2D eigenvalue weighted by Gasteiger charge is 2.06. The molecule has 4 nitrogen and oxygen atoms in total. The van der Waals surface area contributed by atoms with Crippen LogP contribution >= 0.6 is 11.6 Å². The number of nitrogens with one attached hydrogen (secondary N) is 2. The Bertz CT molecular complexity index is 374. The summed E-state index contributed by atoms with van der Waals surface area (Å²) in [7, 11) is 0. The van der Waals surface area contributed by atoms with Gasteiger partial charge in [-0.3, -0.25) is 0 Å². The van der Waals surface area contributed by atoms with Crippen molar-refractivity contribution in [1.82, 2.24) is 5.32 Å². The Hall–Kier alpha value is -1.33. The van der Waals surface area contributed by atoms with E-state index < -0.39 is 11.8 Å². The zero-order chi connectivity index (χ0) is 12.0. The lowest BCUT2D eigenvalue weighted by Crippen LogP contribution is -2.30. The lowest BCUT2D eigenvalue weighted by atomic mass is 10.3. The van der Waals surface area contributed by atoms with Crippen molar-refractivity contribution in [3.63, 3.8) is 0 Å². The number of carbonyl (C=O) groups is 1.